The van der Waals surface area contributed by atoms with Crippen molar-refractivity contribution < 1.29 is 50.9 Å². The largest absolute Gasteiger partial charge is 1.00 e. The van der Waals surface area contributed by atoms with Crippen LogP contribution in [0.25, 0.3) is 34.4 Å². The molecule has 2 aliphatic carbocycles. The van der Waals surface area contributed by atoms with Gasteiger partial charge in [-0.25, -0.2) is 0 Å². The number of benzene rings is 4. The minimum Gasteiger partial charge on any atom is -1.00 e. The second kappa shape index (κ2) is 13.3. The molecule has 2 atom stereocenters. The Morgan fingerprint density at radius 2 is 1.00 bits per heavy atom. The van der Waals surface area contributed by atoms with E-state index in [0.29, 0.717) is 8.45 Å². The van der Waals surface area contributed by atoms with Crippen LogP contribution in [0.15, 0.2) is 96.1 Å². The molecular formula is C39H40Cl2O2Ti. The molecule has 0 spiro atoms. The van der Waals surface area contributed by atoms with Crippen LogP contribution >= 0.6 is 0 Å². The Hall–Kier alpha value is -2.75. The summed E-state index contributed by atoms with van der Waals surface area (Å²) in [6.07, 6.45) is 8.83. The number of fused-ring (bicyclic) bond motifs is 2. The van der Waals surface area contributed by atoms with E-state index in [4.69, 9.17) is 9.47 Å². The molecule has 0 N–H and O–H groups in total. The van der Waals surface area contributed by atoms with Crippen LogP contribution in [0.1, 0.15) is 63.8 Å². The molecule has 1 aliphatic heterocycles. The molecule has 3 aliphatic rings. The fourth-order valence-electron chi connectivity index (χ4n) is 8.27. The number of rotatable bonds is 8. The standard InChI is InChI=1S/2C18H17O.C3H6.2ClH.Ti/c2*1-3-13-11-15-5-4-6-17(18(15)12-13)14-7-9-16(19-2)10-8-14;1-3-2;;;/h2*4-12H,3H2,1-2H3;1-3H2;2*1H;/q;;;;;+2/p-2. The van der Waals surface area contributed by atoms with Gasteiger partial charge in [-0.1, -0.05) is 0 Å². The van der Waals surface area contributed by atoms with Crippen LogP contribution < -0.4 is 34.3 Å². The maximum Gasteiger partial charge on any atom is -1.00 e. The molecule has 0 aromatic heterocycles. The van der Waals surface area contributed by atoms with E-state index in [1.807, 2.05) is 0 Å². The SMILES string of the molecule is CCC1=Cc2c(-c3ccc(OC)cc3)cccc2[CH]1[Ti+2]1([CH]2C(CC)=Cc3c(-c4ccc(OC)cc4)cccc32)[CH2]C[CH2]1.[Cl-].[Cl-]. The van der Waals surface area contributed by atoms with E-state index < -0.39 is 16.6 Å². The number of allylic oxidation sites excluding steroid dienone is 2. The molecule has 0 bridgehead atoms. The van der Waals surface area contributed by atoms with Crippen molar-refractivity contribution in [3.63, 3.8) is 0 Å². The number of methoxy groups -OCH3 is 2. The van der Waals surface area contributed by atoms with E-state index in [-0.39, 0.29) is 24.8 Å². The van der Waals surface area contributed by atoms with Crippen molar-refractivity contribution in [2.24, 2.45) is 0 Å². The van der Waals surface area contributed by atoms with Gasteiger partial charge < -0.3 is 24.8 Å². The van der Waals surface area contributed by atoms with Crippen molar-refractivity contribution in [3.05, 3.63) is 118 Å². The van der Waals surface area contributed by atoms with Crippen molar-refractivity contribution in [1.29, 1.82) is 0 Å². The molecule has 1 saturated heterocycles. The molecule has 44 heavy (non-hydrogen) atoms. The van der Waals surface area contributed by atoms with E-state index in [1.54, 1.807) is 36.5 Å². The molecule has 0 amide bonds. The topological polar surface area (TPSA) is 18.5 Å². The maximum atomic E-state index is 5.45. The second-order valence-electron chi connectivity index (χ2n) is 12.2. The third-order valence-electron chi connectivity index (χ3n) is 10.4. The van der Waals surface area contributed by atoms with Crippen LogP contribution in [0.3, 0.4) is 0 Å². The van der Waals surface area contributed by atoms with Gasteiger partial charge in [0.2, 0.25) is 0 Å². The van der Waals surface area contributed by atoms with Gasteiger partial charge in [-0.2, -0.15) is 0 Å². The molecule has 2 nitrogen and oxygen atoms in total. The smallest absolute Gasteiger partial charge is 1.00 e. The molecule has 1 fully saturated rings. The average molecular weight is 660 g/mol. The third-order valence-corrected chi connectivity index (χ3v) is 20.1. The minimum absolute atomic E-state index is 0. The normalized spacial score (nSPS) is 18.2. The molecule has 2 unspecified atom stereocenters. The number of ether oxygens (including phenoxy) is 2. The van der Waals surface area contributed by atoms with Crippen LogP contribution in [0.4, 0.5) is 0 Å². The molecular weight excluding hydrogens is 619 g/mol. The monoisotopic (exact) mass is 658 g/mol. The summed E-state index contributed by atoms with van der Waals surface area (Å²) in [4.78, 5) is 0. The molecule has 5 heteroatoms. The van der Waals surface area contributed by atoms with Crippen molar-refractivity contribution in [2.75, 3.05) is 14.2 Å². The fraction of sp³-hybridized carbons (Fsp3) is 0.282. The summed E-state index contributed by atoms with van der Waals surface area (Å²) in [7, 11) is 3.47. The van der Waals surface area contributed by atoms with Gasteiger partial charge in [0.15, 0.2) is 0 Å². The Morgan fingerprint density at radius 3 is 1.32 bits per heavy atom. The molecule has 226 valence electrons. The molecule has 0 saturated carbocycles. The molecule has 4 aromatic rings. The van der Waals surface area contributed by atoms with Gasteiger partial charge in [-0.15, -0.1) is 0 Å². The van der Waals surface area contributed by atoms with E-state index in [0.717, 1.165) is 24.3 Å². The summed E-state index contributed by atoms with van der Waals surface area (Å²) in [5.74, 6) is 1.82. The third kappa shape index (κ3) is 5.19. The summed E-state index contributed by atoms with van der Waals surface area (Å²) in [5, 5.41) is 0. The fourth-order valence-corrected chi connectivity index (χ4v) is 18.3. The van der Waals surface area contributed by atoms with E-state index in [9.17, 15) is 0 Å². The number of hydrogen-bond donors (Lipinski definition) is 0. The van der Waals surface area contributed by atoms with Gasteiger partial charge in [0.25, 0.3) is 0 Å². The van der Waals surface area contributed by atoms with Crippen molar-refractivity contribution in [2.45, 2.75) is 51.0 Å². The van der Waals surface area contributed by atoms with Gasteiger partial charge in [0.05, 0.1) is 0 Å². The molecule has 4 aromatic carbocycles. The Balaban J connectivity index is 0.00000192. The van der Waals surface area contributed by atoms with Gasteiger partial charge in [-0.3, -0.25) is 0 Å². The predicted octanol–water partition coefficient (Wildman–Crippen LogP) is 4.84. The summed E-state index contributed by atoms with van der Waals surface area (Å²) < 4.78 is 15.1. The first-order valence-corrected chi connectivity index (χ1v) is 19.6. The molecule has 0 radical (unpaired) electrons. The first-order chi connectivity index (χ1) is 20.6. The maximum absolute atomic E-state index is 5.45. The van der Waals surface area contributed by atoms with Crippen LogP contribution in [0, 0.1) is 0 Å². The van der Waals surface area contributed by atoms with Crippen LogP contribution in [-0.4, -0.2) is 14.2 Å². The minimum atomic E-state index is -2.50. The van der Waals surface area contributed by atoms with Gasteiger partial charge >= 0.3 is 256 Å². The van der Waals surface area contributed by atoms with Crippen molar-refractivity contribution in [3.8, 4) is 33.8 Å². The zero-order valence-corrected chi connectivity index (χ0v) is 29.1. The Bertz CT molecular complexity index is 1580. The zero-order chi connectivity index (χ0) is 28.8. The average Bonchev–Trinajstić information content (AvgIpc) is 3.60. The van der Waals surface area contributed by atoms with Gasteiger partial charge in [0.1, 0.15) is 0 Å². The van der Waals surface area contributed by atoms with Gasteiger partial charge in [0, 0.05) is 0 Å². The van der Waals surface area contributed by atoms with Crippen LogP contribution in [0.5, 0.6) is 11.5 Å². The zero-order valence-electron chi connectivity index (χ0n) is 26.0. The first-order valence-electron chi connectivity index (χ1n) is 15.6. The summed E-state index contributed by atoms with van der Waals surface area (Å²) >= 11 is -2.50. The Morgan fingerprint density at radius 1 is 0.591 bits per heavy atom. The number of hydrogen-bond acceptors (Lipinski definition) is 2. The van der Waals surface area contributed by atoms with Crippen molar-refractivity contribution in [1.82, 2.24) is 0 Å². The first kappa shape index (κ1) is 32.6. The van der Waals surface area contributed by atoms with Crippen molar-refractivity contribution >= 4 is 12.2 Å². The Kier molecular flexibility index (Phi) is 9.88. The van der Waals surface area contributed by atoms with E-state index >= 15 is 0 Å². The van der Waals surface area contributed by atoms with E-state index in [1.165, 1.54) is 49.3 Å². The second-order valence-corrected chi connectivity index (χ2v) is 19.4. The van der Waals surface area contributed by atoms with Crippen LogP contribution in [0.2, 0.25) is 9.45 Å². The molecule has 7 rings (SSSR count). The van der Waals surface area contributed by atoms with E-state index in [2.05, 4.69) is 111 Å². The quantitative estimate of drug-likeness (QED) is 0.253. The Labute approximate surface area is 278 Å². The summed E-state index contributed by atoms with van der Waals surface area (Å²) in [5.41, 5.74) is 14.8. The predicted molar refractivity (Wildman–Crippen MR) is 173 cm³/mol. The van der Waals surface area contributed by atoms with Gasteiger partial charge in [-0.05, 0) is 0 Å². The number of halogens is 2. The summed E-state index contributed by atoms with van der Waals surface area (Å²) in [6.45, 7) is 4.76. The molecule has 1 heterocycles. The summed E-state index contributed by atoms with van der Waals surface area (Å²) in [6, 6.07) is 31.4. The van der Waals surface area contributed by atoms with Crippen LogP contribution in [-0.2, 0) is 16.6 Å².